The van der Waals surface area contributed by atoms with Crippen molar-refractivity contribution in [3.8, 4) is 0 Å². The van der Waals surface area contributed by atoms with E-state index in [0.717, 1.165) is 18.5 Å². The third-order valence-corrected chi connectivity index (χ3v) is 6.38. The molecule has 4 rings (SSSR count). The fraction of sp³-hybridized carbons (Fsp3) is 0.200. The molecule has 2 aromatic carbocycles. The van der Waals surface area contributed by atoms with Crippen LogP contribution in [0.4, 0.5) is 16.5 Å². The zero-order valence-electron chi connectivity index (χ0n) is 18.5. The predicted octanol–water partition coefficient (Wildman–Crippen LogP) is 5.37. The summed E-state index contributed by atoms with van der Waals surface area (Å²) in [6.07, 6.45) is 4.85. The molecule has 2 heterocycles. The third-order valence-electron chi connectivity index (χ3n) is 5.30. The van der Waals surface area contributed by atoms with Gasteiger partial charge in [-0.25, -0.2) is 4.98 Å². The smallest absolute Gasteiger partial charge is 0.256 e. The lowest BCUT2D eigenvalue weighted by Crippen LogP contribution is -2.28. The third kappa shape index (κ3) is 5.52. The number of para-hydroxylation sites is 1. The normalized spacial score (nSPS) is 13.3. The first-order valence-electron chi connectivity index (χ1n) is 10.8. The maximum absolute atomic E-state index is 12.9. The number of hydrogen-bond donors (Lipinski definition) is 1. The number of nitrogens with zero attached hydrogens (tertiary/aromatic N) is 3. The first kappa shape index (κ1) is 23.7. The molecule has 3 aromatic rings. The minimum atomic E-state index is -0.404. The second kappa shape index (κ2) is 10.6. The summed E-state index contributed by atoms with van der Waals surface area (Å²) in [6, 6.07) is 14.1. The highest BCUT2D eigenvalue weighted by Gasteiger charge is 2.23. The molecule has 1 aromatic heterocycles. The molecule has 34 heavy (non-hydrogen) atoms. The molecule has 0 unspecified atom stereocenters. The van der Waals surface area contributed by atoms with Gasteiger partial charge in [0.25, 0.3) is 5.91 Å². The summed E-state index contributed by atoms with van der Waals surface area (Å²) in [6.45, 7) is 2.88. The van der Waals surface area contributed by atoms with Gasteiger partial charge in [0.05, 0.1) is 22.6 Å². The number of rotatable bonds is 6. The number of amides is 3. The summed E-state index contributed by atoms with van der Waals surface area (Å²) in [5.74, 6) is -0.709. The highest BCUT2D eigenvalue weighted by atomic mass is 35.5. The molecule has 9 heteroatoms. The van der Waals surface area contributed by atoms with Crippen LogP contribution in [0.2, 0.25) is 5.02 Å². The molecule has 1 N–H and O–H groups in total. The summed E-state index contributed by atoms with van der Waals surface area (Å²) in [5.41, 5.74) is 2.03. The Balaban J connectivity index is 1.48. The van der Waals surface area contributed by atoms with Gasteiger partial charge in [0.15, 0.2) is 5.13 Å². The molecular formula is C25H23ClN4O3S. The van der Waals surface area contributed by atoms with Gasteiger partial charge in [-0.15, -0.1) is 11.3 Å². The van der Waals surface area contributed by atoms with Crippen LogP contribution in [0.1, 0.15) is 35.8 Å². The van der Waals surface area contributed by atoms with E-state index >= 15 is 0 Å². The molecule has 0 atom stereocenters. The van der Waals surface area contributed by atoms with Gasteiger partial charge in [0.2, 0.25) is 11.8 Å². The van der Waals surface area contributed by atoms with Crippen LogP contribution in [0.15, 0.2) is 60.0 Å². The van der Waals surface area contributed by atoms with Crippen molar-refractivity contribution in [2.24, 2.45) is 0 Å². The maximum atomic E-state index is 12.9. The Kier molecular flexibility index (Phi) is 7.40. The van der Waals surface area contributed by atoms with E-state index < -0.39 is 5.91 Å². The minimum absolute atomic E-state index is 0.145. The lowest BCUT2D eigenvalue weighted by molar-refractivity contribution is -0.116. The van der Waals surface area contributed by atoms with E-state index in [9.17, 15) is 14.4 Å². The molecule has 1 aliphatic heterocycles. The average molecular weight is 495 g/mol. The van der Waals surface area contributed by atoms with Crippen LogP contribution in [-0.2, 0) is 9.59 Å². The zero-order chi connectivity index (χ0) is 24.1. The number of likely N-dealkylation sites (tertiary alicyclic amines) is 1. The number of halogens is 1. The molecule has 0 radical (unpaired) electrons. The van der Waals surface area contributed by atoms with Crippen molar-refractivity contribution in [3.05, 3.63) is 76.3 Å². The van der Waals surface area contributed by atoms with E-state index in [0.29, 0.717) is 40.2 Å². The highest BCUT2D eigenvalue weighted by Crippen LogP contribution is 2.29. The molecule has 1 aliphatic rings. The Morgan fingerprint density at radius 1 is 1.12 bits per heavy atom. The SMILES string of the molecule is CC(=O)N(c1ccccc1)c1nc(/C=C/C(=O)Nc2ccc(Cl)cc2C(=O)N2CCCC2)cs1. The van der Waals surface area contributed by atoms with Crippen LogP contribution in [0.3, 0.4) is 0 Å². The van der Waals surface area contributed by atoms with Crippen molar-refractivity contribution < 1.29 is 14.4 Å². The van der Waals surface area contributed by atoms with E-state index in [-0.39, 0.29) is 11.8 Å². The van der Waals surface area contributed by atoms with Gasteiger partial charge in [0.1, 0.15) is 0 Å². The summed E-state index contributed by atoms with van der Waals surface area (Å²) >= 11 is 7.41. The molecule has 1 saturated heterocycles. The van der Waals surface area contributed by atoms with E-state index in [1.54, 1.807) is 34.6 Å². The molecule has 7 nitrogen and oxygen atoms in total. The number of aromatic nitrogens is 1. The van der Waals surface area contributed by atoms with Crippen molar-refractivity contribution >= 4 is 63.2 Å². The highest BCUT2D eigenvalue weighted by molar-refractivity contribution is 7.14. The number of thiazole rings is 1. The van der Waals surface area contributed by atoms with Crippen molar-refractivity contribution in [2.75, 3.05) is 23.3 Å². The minimum Gasteiger partial charge on any atom is -0.339 e. The lowest BCUT2D eigenvalue weighted by atomic mass is 10.1. The van der Waals surface area contributed by atoms with E-state index in [1.807, 2.05) is 30.3 Å². The number of carbonyl (C=O) groups excluding carboxylic acids is 3. The number of anilines is 3. The predicted molar refractivity (Wildman–Crippen MR) is 136 cm³/mol. The van der Waals surface area contributed by atoms with Crippen molar-refractivity contribution in [3.63, 3.8) is 0 Å². The number of nitrogens with one attached hydrogen (secondary N) is 1. The van der Waals surface area contributed by atoms with Crippen LogP contribution < -0.4 is 10.2 Å². The summed E-state index contributed by atoms with van der Waals surface area (Å²) < 4.78 is 0. The van der Waals surface area contributed by atoms with Crippen LogP contribution >= 0.6 is 22.9 Å². The lowest BCUT2D eigenvalue weighted by Gasteiger charge is -2.18. The average Bonchev–Trinajstić information content (AvgIpc) is 3.52. The second-order valence-corrected chi connectivity index (χ2v) is 9.03. The number of hydrogen-bond acceptors (Lipinski definition) is 5. The quantitative estimate of drug-likeness (QED) is 0.467. The largest absolute Gasteiger partial charge is 0.339 e. The van der Waals surface area contributed by atoms with Gasteiger partial charge >= 0.3 is 0 Å². The van der Waals surface area contributed by atoms with Crippen molar-refractivity contribution in [1.29, 1.82) is 0 Å². The Hall–Kier alpha value is -3.49. The van der Waals surface area contributed by atoms with Gasteiger partial charge in [-0.1, -0.05) is 29.8 Å². The topological polar surface area (TPSA) is 82.6 Å². The van der Waals surface area contributed by atoms with E-state index in [4.69, 9.17) is 11.6 Å². The Labute approximate surface area is 206 Å². The van der Waals surface area contributed by atoms with E-state index in [1.165, 1.54) is 29.2 Å². The molecule has 0 bridgehead atoms. The first-order chi connectivity index (χ1) is 16.4. The number of carbonyl (C=O) groups is 3. The molecule has 0 aliphatic carbocycles. The van der Waals surface area contributed by atoms with Gasteiger partial charge < -0.3 is 10.2 Å². The van der Waals surface area contributed by atoms with Crippen LogP contribution in [0.25, 0.3) is 6.08 Å². The van der Waals surface area contributed by atoms with Crippen molar-refractivity contribution in [1.82, 2.24) is 9.88 Å². The number of benzene rings is 2. The zero-order valence-corrected chi connectivity index (χ0v) is 20.1. The van der Waals surface area contributed by atoms with Gasteiger partial charge in [-0.05, 0) is 49.2 Å². The standard InChI is InChI=1S/C25H23ClN4O3S/c1-17(31)30(20-7-3-2-4-8-20)25-27-19(16-34-25)10-12-23(32)28-22-11-9-18(26)15-21(22)24(33)29-13-5-6-14-29/h2-4,7-12,15-16H,5-6,13-14H2,1H3,(H,28,32)/b12-10+. The second-order valence-electron chi connectivity index (χ2n) is 7.76. The maximum Gasteiger partial charge on any atom is 0.256 e. The molecule has 174 valence electrons. The van der Waals surface area contributed by atoms with Gasteiger partial charge in [0, 0.05) is 36.5 Å². The Morgan fingerprint density at radius 3 is 2.56 bits per heavy atom. The van der Waals surface area contributed by atoms with Crippen LogP contribution in [0, 0.1) is 0 Å². The Bertz CT molecular complexity index is 1240. The van der Waals surface area contributed by atoms with Gasteiger partial charge in [-0.3, -0.25) is 19.3 Å². The Morgan fingerprint density at radius 2 is 1.85 bits per heavy atom. The molecule has 1 fully saturated rings. The fourth-order valence-electron chi connectivity index (χ4n) is 3.69. The van der Waals surface area contributed by atoms with Crippen LogP contribution in [-0.4, -0.2) is 40.7 Å². The molecule has 0 spiro atoms. The summed E-state index contributed by atoms with van der Waals surface area (Å²) in [5, 5.41) is 5.47. The first-order valence-corrected chi connectivity index (χ1v) is 12.1. The molecular weight excluding hydrogens is 472 g/mol. The monoisotopic (exact) mass is 494 g/mol. The fourth-order valence-corrected chi connectivity index (χ4v) is 4.71. The van der Waals surface area contributed by atoms with Crippen molar-refractivity contribution in [2.45, 2.75) is 19.8 Å². The summed E-state index contributed by atoms with van der Waals surface area (Å²) in [4.78, 5) is 45.4. The van der Waals surface area contributed by atoms with E-state index in [2.05, 4.69) is 10.3 Å². The van der Waals surface area contributed by atoms with Crippen LogP contribution in [0.5, 0.6) is 0 Å². The van der Waals surface area contributed by atoms with Gasteiger partial charge in [-0.2, -0.15) is 0 Å². The summed E-state index contributed by atoms with van der Waals surface area (Å²) in [7, 11) is 0. The molecule has 3 amide bonds. The molecule has 0 saturated carbocycles.